The molecule has 1 aliphatic carbocycles. The number of hydrogen-bond acceptors (Lipinski definition) is 5. The van der Waals surface area contributed by atoms with E-state index in [2.05, 4.69) is 15.9 Å². The molecule has 3 atom stereocenters. The quantitative estimate of drug-likeness (QED) is 0.227. The molecule has 3 unspecified atom stereocenters. The molecule has 190 valence electrons. The Kier molecular flexibility index (Phi) is 5.30. The molecule has 39 heavy (non-hydrogen) atoms. The van der Waals surface area contributed by atoms with Gasteiger partial charge >= 0.3 is 0 Å². The number of amides is 2. The van der Waals surface area contributed by atoms with Gasteiger partial charge in [-0.15, -0.1) is 0 Å². The molecule has 7 heteroatoms. The Labute approximate surface area is 232 Å². The zero-order valence-electron chi connectivity index (χ0n) is 20.4. The van der Waals surface area contributed by atoms with Crippen molar-refractivity contribution in [3.63, 3.8) is 0 Å². The van der Waals surface area contributed by atoms with Crippen molar-refractivity contribution < 1.29 is 23.9 Å². The lowest BCUT2D eigenvalue weighted by molar-refractivity contribution is -0.127. The summed E-state index contributed by atoms with van der Waals surface area (Å²) in [4.78, 5) is 56.9. The van der Waals surface area contributed by atoms with Gasteiger partial charge in [0.15, 0.2) is 0 Å². The van der Waals surface area contributed by atoms with Gasteiger partial charge in [0, 0.05) is 15.6 Å². The minimum absolute atomic E-state index is 0.212. The van der Waals surface area contributed by atoms with Gasteiger partial charge < -0.3 is 4.74 Å². The Morgan fingerprint density at radius 2 is 1.21 bits per heavy atom. The summed E-state index contributed by atoms with van der Waals surface area (Å²) in [6, 6.07) is 30.6. The number of ketones is 2. The first kappa shape index (κ1) is 23.9. The zero-order valence-corrected chi connectivity index (χ0v) is 22.0. The van der Waals surface area contributed by atoms with Gasteiger partial charge in [0.2, 0.25) is 29.0 Å². The van der Waals surface area contributed by atoms with Crippen molar-refractivity contribution in [2.75, 3.05) is 4.90 Å². The lowest BCUT2D eigenvalue weighted by Gasteiger charge is -2.27. The van der Waals surface area contributed by atoms with Crippen LogP contribution in [0, 0.1) is 11.8 Å². The number of carbonyl (C=O) groups excluding carboxylic acids is 4. The van der Waals surface area contributed by atoms with Crippen molar-refractivity contribution in [2.45, 2.75) is 11.7 Å². The lowest BCUT2D eigenvalue weighted by Crippen LogP contribution is -2.51. The number of rotatable bonds is 3. The van der Waals surface area contributed by atoms with Crippen LogP contribution in [0.25, 0.3) is 11.1 Å². The Bertz CT molecular complexity index is 1650. The lowest BCUT2D eigenvalue weighted by atomic mass is 9.77. The van der Waals surface area contributed by atoms with E-state index in [1.165, 1.54) is 0 Å². The third-order valence-electron chi connectivity index (χ3n) is 7.95. The monoisotopic (exact) mass is 577 g/mol. The van der Waals surface area contributed by atoms with E-state index >= 15 is 0 Å². The maximum Gasteiger partial charge on any atom is 0.241 e. The summed E-state index contributed by atoms with van der Waals surface area (Å²) in [5, 5.41) is 0. The third kappa shape index (κ3) is 3.30. The molecule has 0 N–H and O–H groups in total. The number of ether oxygens (including phenoxy) is 1. The number of anilines is 1. The largest absolute Gasteiger partial charge is 0.349 e. The van der Waals surface area contributed by atoms with E-state index in [-0.39, 0.29) is 11.1 Å². The fraction of sp³-hybridized carbons (Fsp3) is 0.125. The van der Waals surface area contributed by atoms with Crippen molar-refractivity contribution in [3.05, 3.63) is 124 Å². The van der Waals surface area contributed by atoms with Crippen LogP contribution in [0.15, 0.2) is 108 Å². The summed E-state index contributed by atoms with van der Waals surface area (Å²) < 4.78 is 7.17. The number of benzene rings is 4. The summed E-state index contributed by atoms with van der Waals surface area (Å²) in [6.45, 7) is 0. The van der Waals surface area contributed by atoms with Gasteiger partial charge in [-0.2, -0.15) is 0 Å². The van der Waals surface area contributed by atoms with Gasteiger partial charge in [0.05, 0.1) is 23.6 Å². The van der Waals surface area contributed by atoms with Gasteiger partial charge in [-0.3, -0.25) is 19.2 Å². The zero-order chi connectivity index (χ0) is 26.9. The van der Waals surface area contributed by atoms with E-state index in [1.807, 2.05) is 54.6 Å². The fourth-order valence-electron chi connectivity index (χ4n) is 6.16. The third-order valence-corrected chi connectivity index (χ3v) is 8.48. The van der Waals surface area contributed by atoms with E-state index in [4.69, 9.17) is 4.74 Å². The molecule has 1 spiro atoms. The van der Waals surface area contributed by atoms with Crippen LogP contribution in [0.3, 0.4) is 0 Å². The van der Waals surface area contributed by atoms with Crippen molar-refractivity contribution >= 4 is 45.0 Å². The minimum atomic E-state index is -2.09. The number of fused-ring (bicyclic) bond motifs is 3. The highest BCUT2D eigenvalue weighted by Crippen LogP contribution is 2.57. The van der Waals surface area contributed by atoms with E-state index in [9.17, 15) is 19.2 Å². The van der Waals surface area contributed by atoms with Crippen LogP contribution < -0.4 is 4.90 Å². The molecule has 0 saturated carbocycles. The Hall–Kier alpha value is -4.20. The van der Waals surface area contributed by atoms with Crippen molar-refractivity contribution in [1.82, 2.24) is 0 Å². The number of carbonyl (C=O) groups is 4. The SMILES string of the molecule is O=C1C2C(c3ccc(-c4ccccc4)cc3)OC3(C(=O)c4ccccc4C3=O)C2C(=O)N1c1ccc(Br)cc1. The maximum absolute atomic E-state index is 14.0. The van der Waals surface area contributed by atoms with E-state index in [0.29, 0.717) is 11.3 Å². The van der Waals surface area contributed by atoms with E-state index in [0.717, 1.165) is 20.5 Å². The number of Topliss-reactive ketones (excluding diaryl/α,β-unsaturated/α-hetero) is 2. The second-order valence-electron chi connectivity index (χ2n) is 9.96. The number of nitrogens with zero attached hydrogens (tertiary/aromatic N) is 1. The van der Waals surface area contributed by atoms with Crippen LogP contribution in [0.2, 0.25) is 0 Å². The van der Waals surface area contributed by atoms with Crippen LogP contribution in [0.5, 0.6) is 0 Å². The van der Waals surface area contributed by atoms with Crippen molar-refractivity contribution in [3.8, 4) is 11.1 Å². The number of halogens is 1. The highest BCUT2D eigenvalue weighted by molar-refractivity contribution is 9.10. The van der Waals surface area contributed by atoms with Gasteiger partial charge in [-0.1, -0.05) is 94.8 Å². The molecule has 2 amide bonds. The standard InChI is InChI=1S/C32H20BrNO5/c33-21-14-16-22(17-15-21)34-30(37)25-26(31(34)38)32(28(35)23-8-4-5-9-24(23)29(32)36)39-27(25)20-12-10-19(11-13-20)18-6-2-1-3-7-18/h1-17,25-27H. The van der Waals surface area contributed by atoms with Gasteiger partial charge in [-0.25, -0.2) is 4.90 Å². The molecule has 2 fully saturated rings. The average molecular weight is 578 g/mol. The first-order chi connectivity index (χ1) is 18.9. The smallest absolute Gasteiger partial charge is 0.241 e. The molecule has 4 aromatic carbocycles. The van der Waals surface area contributed by atoms with Gasteiger partial charge in [0.1, 0.15) is 0 Å². The molecular formula is C32H20BrNO5. The van der Waals surface area contributed by atoms with Crippen molar-refractivity contribution in [1.29, 1.82) is 0 Å². The fourth-order valence-corrected chi connectivity index (χ4v) is 6.42. The summed E-state index contributed by atoms with van der Waals surface area (Å²) in [6.07, 6.45) is -0.959. The molecule has 0 radical (unpaired) electrons. The molecule has 2 aliphatic heterocycles. The molecule has 7 rings (SSSR count). The molecule has 0 aromatic heterocycles. The average Bonchev–Trinajstić information content (AvgIpc) is 3.54. The van der Waals surface area contributed by atoms with Crippen LogP contribution in [-0.2, 0) is 14.3 Å². The van der Waals surface area contributed by atoms with E-state index in [1.54, 1.807) is 48.5 Å². The van der Waals surface area contributed by atoms with Crippen molar-refractivity contribution in [2.24, 2.45) is 11.8 Å². The van der Waals surface area contributed by atoms with Crippen LogP contribution in [0.1, 0.15) is 32.4 Å². The number of hydrogen-bond donors (Lipinski definition) is 0. The number of imide groups is 1. The first-order valence-electron chi connectivity index (χ1n) is 12.6. The Morgan fingerprint density at radius 1 is 0.641 bits per heavy atom. The minimum Gasteiger partial charge on any atom is -0.349 e. The summed E-state index contributed by atoms with van der Waals surface area (Å²) in [5.41, 5.74) is 1.33. The molecule has 0 bridgehead atoms. The molecule has 2 heterocycles. The van der Waals surface area contributed by atoms with E-state index < -0.39 is 46.9 Å². The normalized spacial score (nSPS) is 23.0. The summed E-state index contributed by atoms with van der Waals surface area (Å²) in [5.74, 6) is -4.55. The van der Waals surface area contributed by atoms with Crippen LogP contribution >= 0.6 is 15.9 Å². The molecule has 3 aliphatic rings. The summed E-state index contributed by atoms with van der Waals surface area (Å²) >= 11 is 3.38. The van der Waals surface area contributed by atoms with Gasteiger partial charge in [0.25, 0.3) is 0 Å². The molecular weight excluding hydrogens is 558 g/mol. The topological polar surface area (TPSA) is 80.8 Å². The first-order valence-corrected chi connectivity index (χ1v) is 13.4. The Balaban J connectivity index is 1.36. The van der Waals surface area contributed by atoms with Crippen LogP contribution in [-0.4, -0.2) is 29.0 Å². The maximum atomic E-state index is 14.0. The molecule has 6 nitrogen and oxygen atoms in total. The van der Waals surface area contributed by atoms with Gasteiger partial charge in [-0.05, 0) is 41.0 Å². The predicted molar refractivity (Wildman–Crippen MR) is 147 cm³/mol. The Morgan fingerprint density at radius 3 is 1.82 bits per heavy atom. The molecule has 2 saturated heterocycles. The molecule has 4 aromatic rings. The highest BCUT2D eigenvalue weighted by Gasteiger charge is 2.74. The summed E-state index contributed by atoms with van der Waals surface area (Å²) in [7, 11) is 0. The van der Waals surface area contributed by atoms with Crippen LogP contribution in [0.4, 0.5) is 5.69 Å². The predicted octanol–water partition coefficient (Wildman–Crippen LogP) is 5.81. The second kappa shape index (κ2) is 8.66. The highest BCUT2D eigenvalue weighted by atomic mass is 79.9. The second-order valence-corrected chi connectivity index (χ2v) is 10.9.